The molecule has 6 heteroatoms. The van der Waals surface area contributed by atoms with E-state index in [4.69, 9.17) is 12.2 Å². The third-order valence-corrected chi connectivity index (χ3v) is 3.77. The largest absolute Gasteiger partial charge is 0.315 e. The van der Waals surface area contributed by atoms with Crippen molar-refractivity contribution in [2.75, 3.05) is 0 Å². The number of aromatic nitrogens is 4. The molecule has 0 spiro atoms. The van der Waals surface area contributed by atoms with Crippen LogP contribution in [0.1, 0.15) is 46.1 Å². The molecule has 0 unspecified atom stereocenters. The van der Waals surface area contributed by atoms with Gasteiger partial charge < -0.3 is 4.57 Å². The predicted molar refractivity (Wildman–Crippen MR) is 87.0 cm³/mol. The van der Waals surface area contributed by atoms with Crippen molar-refractivity contribution in [3.05, 3.63) is 33.5 Å². The molecule has 0 aliphatic rings. The minimum absolute atomic E-state index is 0.00972. The van der Waals surface area contributed by atoms with Crippen LogP contribution in [0.2, 0.25) is 0 Å². The molecule has 0 bridgehead atoms. The van der Waals surface area contributed by atoms with Gasteiger partial charge in [-0.2, -0.15) is 5.10 Å². The maximum Gasteiger partial charge on any atom is 0.261 e. The first-order valence-electron chi connectivity index (χ1n) is 7.43. The first-order chi connectivity index (χ1) is 10.1. The third-order valence-electron chi connectivity index (χ3n) is 3.48. The van der Waals surface area contributed by atoms with E-state index in [1.807, 2.05) is 36.7 Å². The lowest BCUT2D eigenvalue weighted by Gasteiger charge is -2.11. The Morgan fingerprint density at radius 1 is 1.38 bits per heavy atom. The second kappa shape index (κ2) is 6.85. The summed E-state index contributed by atoms with van der Waals surface area (Å²) in [5.74, 6) is 0.616. The Kier molecular flexibility index (Phi) is 5.12. The van der Waals surface area contributed by atoms with Gasteiger partial charge in [-0.1, -0.05) is 19.8 Å². The van der Waals surface area contributed by atoms with Crippen molar-refractivity contribution in [1.82, 2.24) is 19.3 Å². The topological polar surface area (TPSA) is 55.6 Å². The molecule has 0 atom stereocenters. The van der Waals surface area contributed by atoms with E-state index in [2.05, 4.69) is 17.1 Å². The number of H-pyrrole nitrogens is 1. The van der Waals surface area contributed by atoms with Crippen LogP contribution >= 0.6 is 12.2 Å². The van der Waals surface area contributed by atoms with Gasteiger partial charge in [-0.05, 0) is 44.6 Å². The maximum atomic E-state index is 12.6. The molecule has 0 aliphatic carbocycles. The summed E-state index contributed by atoms with van der Waals surface area (Å²) in [5, 5.41) is 7.02. The van der Waals surface area contributed by atoms with Crippen molar-refractivity contribution in [1.29, 1.82) is 0 Å². The van der Waals surface area contributed by atoms with Gasteiger partial charge in [0.25, 0.3) is 5.56 Å². The standard InChI is InChI=1S/C15H22N4OS/c1-4-5-6-9-18-10-7-8-12(14(18)20)13-16-17-15(21)19(13)11(2)3/h7-8,10-11H,4-6,9H2,1-3H3,(H,17,21). The lowest BCUT2D eigenvalue weighted by atomic mass is 10.2. The SMILES string of the molecule is CCCCCn1cccc(-c2n[nH]c(=S)n2C(C)C)c1=O. The zero-order valence-corrected chi connectivity index (χ0v) is 13.6. The van der Waals surface area contributed by atoms with Crippen molar-refractivity contribution in [2.24, 2.45) is 0 Å². The van der Waals surface area contributed by atoms with Gasteiger partial charge in [-0.25, -0.2) is 0 Å². The molecule has 21 heavy (non-hydrogen) atoms. The van der Waals surface area contributed by atoms with E-state index < -0.39 is 0 Å². The molecule has 0 aliphatic heterocycles. The van der Waals surface area contributed by atoms with Crippen LogP contribution < -0.4 is 5.56 Å². The molecule has 0 amide bonds. The number of pyridine rings is 1. The van der Waals surface area contributed by atoms with Gasteiger partial charge in [0.2, 0.25) is 0 Å². The number of nitrogens with zero attached hydrogens (tertiary/aromatic N) is 3. The van der Waals surface area contributed by atoms with Crippen LogP contribution in [0.3, 0.4) is 0 Å². The van der Waals surface area contributed by atoms with Crippen molar-refractivity contribution < 1.29 is 0 Å². The smallest absolute Gasteiger partial charge is 0.261 e. The van der Waals surface area contributed by atoms with Crippen molar-refractivity contribution in [3.63, 3.8) is 0 Å². The Bertz CT molecular complexity index is 711. The first kappa shape index (κ1) is 15.7. The number of hydrogen-bond donors (Lipinski definition) is 1. The minimum atomic E-state index is -0.00972. The summed E-state index contributed by atoms with van der Waals surface area (Å²) < 4.78 is 4.18. The van der Waals surface area contributed by atoms with Crippen LogP contribution in [0.4, 0.5) is 0 Å². The molecule has 0 radical (unpaired) electrons. The summed E-state index contributed by atoms with van der Waals surface area (Å²) in [6.45, 7) is 6.95. The van der Waals surface area contributed by atoms with Gasteiger partial charge in [0.05, 0.1) is 5.56 Å². The Labute approximate surface area is 129 Å². The molecule has 2 heterocycles. The summed E-state index contributed by atoms with van der Waals surface area (Å²) in [5.41, 5.74) is 0.583. The number of unbranched alkanes of at least 4 members (excludes halogenated alkanes) is 2. The van der Waals surface area contributed by atoms with Crippen molar-refractivity contribution in [3.8, 4) is 11.4 Å². The van der Waals surface area contributed by atoms with Crippen LogP contribution in [0.15, 0.2) is 23.1 Å². The Hall–Kier alpha value is -1.69. The predicted octanol–water partition coefficient (Wildman–Crippen LogP) is 3.54. The average Bonchev–Trinajstić information content (AvgIpc) is 2.83. The van der Waals surface area contributed by atoms with Crippen LogP contribution in [0.25, 0.3) is 11.4 Å². The molecule has 1 N–H and O–H groups in total. The molecule has 0 saturated carbocycles. The number of rotatable bonds is 6. The molecule has 114 valence electrons. The van der Waals surface area contributed by atoms with Crippen molar-refractivity contribution >= 4 is 12.2 Å². The van der Waals surface area contributed by atoms with E-state index in [0.29, 0.717) is 16.2 Å². The maximum absolute atomic E-state index is 12.6. The van der Waals surface area contributed by atoms with E-state index in [0.717, 1.165) is 25.8 Å². The van der Waals surface area contributed by atoms with E-state index in [9.17, 15) is 4.79 Å². The minimum Gasteiger partial charge on any atom is -0.315 e. The summed E-state index contributed by atoms with van der Waals surface area (Å²) in [6.07, 6.45) is 5.11. The van der Waals surface area contributed by atoms with E-state index >= 15 is 0 Å². The molecule has 2 aromatic rings. The van der Waals surface area contributed by atoms with Gasteiger partial charge >= 0.3 is 0 Å². The van der Waals surface area contributed by atoms with Gasteiger partial charge in [0.15, 0.2) is 10.6 Å². The fourth-order valence-electron chi connectivity index (χ4n) is 2.39. The summed E-state index contributed by atoms with van der Waals surface area (Å²) >= 11 is 5.25. The first-order valence-corrected chi connectivity index (χ1v) is 7.83. The van der Waals surface area contributed by atoms with Crippen molar-refractivity contribution in [2.45, 2.75) is 52.6 Å². The summed E-state index contributed by atoms with van der Waals surface area (Å²) in [7, 11) is 0. The molecular formula is C15H22N4OS. The molecule has 2 rings (SSSR count). The molecule has 5 nitrogen and oxygen atoms in total. The molecule has 2 aromatic heterocycles. The number of hydrogen-bond acceptors (Lipinski definition) is 3. The second-order valence-electron chi connectivity index (χ2n) is 5.44. The monoisotopic (exact) mass is 306 g/mol. The van der Waals surface area contributed by atoms with Crippen LogP contribution in [-0.4, -0.2) is 19.3 Å². The highest BCUT2D eigenvalue weighted by atomic mass is 32.1. The number of aryl methyl sites for hydroxylation is 1. The third kappa shape index (κ3) is 3.32. The highest BCUT2D eigenvalue weighted by Gasteiger charge is 2.15. The summed E-state index contributed by atoms with van der Waals surface area (Å²) in [6, 6.07) is 3.85. The zero-order valence-electron chi connectivity index (χ0n) is 12.8. The van der Waals surface area contributed by atoms with E-state index in [1.54, 1.807) is 4.57 Å². The van der Waals surface area contributed by atoms with Crippen LogP contribution in [-0.2, 0) is 6.54 Å². The number of nitrogens with one attached hydrogen (secondary N) is 1. The van der Waals surface area contributed by atoms with Crippen LogP contribution in [0, 0.1) is 4.77 Å². The molecule has 0 aromatic carbocycles. The normalized spacial score (nSPS) is 11.2. The van der Waals surface area contributed by atoms with Crippen LogP contribution in [0.5, 0.6) is 0 Å². The lowest BCUT2D eigenvalue weighted by molar-refractivity contribution is 0.582. The fraction of sp³-hybridized carbons (Fsp3) is 0.533. The van der Waals surface area contributed by atoms with Gasteiger partial charge in [-0.15, -0.1) is 0 Å². The lowest BCUT2D eigenvalue weighted by Crippen LogP contribution is -2.22. The molecule has 0 saturated heterocycles. The zero-order chi connectivity index (χ0) is 15.4. The Morgan fingerprint density at radius 2 is 2.14 bits per heavy atom. The second-order valence-corrected chi connectivity index (χ2v) is 5.83. The highest BCUT2D eigenvalue weighted by molar-refractivity contribution is 7.71. The number of aromatic amines is 1. The quantitative estimate of drug-likeness (QED) is 0.656. The van der Waals surface area contributed by atoms with Gasteiger partial charge in [0.1, 0.15) is 0 Å². The van der Waals surface area contributed by atoms with Gasteiger partial charge in [0, 0.05) is 18.8 Å². The van der Waals surface area contributed by atoms with E-state index in [-0.39, 0.29) is 11.6 Å². The Morgan fingerprint density at radius 3 is 2.81 bits per heavy atom. The molecule has 0 fully saturated rings. The summed E-state index contributed by atoms with van der Waals surface area (Å²) in [4.78, 5) is 12.6. The van der Waals surface area contributed by atoms with E-state index in [1.165, 1.54) is 0 Å². The fourth-order valence-corrected chi connectivity index (χ4v) is 2.73. The molecular weight excluding hydrogens is 284 g/mol. The average molecular weight is 306 g/mol. The highest BCUT2D eigenvalue weighted by Crippen LogP contribution is 2.17. The Balaban J connectivity index is 2.44. The van der Waals surface area contributed by atoms with Gasteiger partial charge in [-0.3, -0.25) is 14.5 Å².